The van der Waals surface area contributed by atoms with Gasteiger partial charge in [0.25, 0.3) is 5.91 Å². The quantitative estimate of drug-likeness (QED) is 0.277. The largest absolute Gasteiger partial charge is 0.497 e. The van der Waals surface area contributed by atoms with Gasteiger partial charge in [0.15, 0.2) is 0 Å². The van der Waals surface area contributed by atoms with E-state index in [4.69, 9.17) is 9.84 Å². The molecule has 0 radical (unpaired) electrons. The van der Waals surface area contributed by atoms with Gasteiger partial charge in [0, 0.05) is 41.5 Å². The van der Waals surface area contributed by atoms with Gasteiger partial charge < -0.3 is 9.30 Å². The Balaban J connectivity index is 1.42. The Morgan fingerprint density at radius 2 is 1.74 bits per heavy atom. The van der Waals surface area contributed by atoms with Crippen LogP contribution in [0.5, 0.6) is 5.75 Å². The number of aryl methyl sites for hydroxylation is 1. The Kier molecular flexibility index (Phi) is 6.13. The number of amides is 1. The van der Waals surface area contributed by atoms with E-state index in [1.54, 1.807) is 13.3 Å². The molecule has 0 unspecified atom stereocenters. The summed E-state index contributed by atoms with van der Waals surface area (Å²) in [5.41, 5.74) is 7.88. The number of benzene rings is 3. The molecule has 0 saturated carbocycles. The fourth-order valence-electron chi connectivity index (χ4n) is 4.10. The number of fused-ring (bicyclic) bond motifs is 1. The summed E-state index contributed by atoms with van der Waals surface area (Å²) in [7, 11) is 3.56. The minimum atomic E-state index is -0.263. The normalized spacial score (nSPS) is 11.3. The number of carbonyl (C=O) groups excluding carboxylic acids is 1. The second-order valence-electron chi connectivity index (χ2n) is 8.21. The van der Waals surface area contributed by atoms with Crippen molar-refractivity contribution in [2.45, 2.75) is 6.54 Å². The first-order valence-electron chi connectivity index (χ1n) is 11.3. The molecule has 0 aliphatic carbocycles. The van der Waals surface area contributed by atoms with Gasteiger partial charge in [-0.3, -0.25) is 9.48 Å². The Morgan fingerprint density at radius 1 is 1.00 bits per heavy atom. The van der Waals surface area contributed by atoms with Crippen LogP contribution < -0.4 is 10.2 Å². The Labute approximate surface area is 203 Å². The molecule has 7 heteroatoms. The van der Waals surface area contributed by atoms with E-state index in [2.05, 4.69) is 22.7 Å². The highest BCUT2D eigenvalue weighted by Gasteiger charge is 2.14. The van der Waals surface area contributed by atoms with Crippen LogP contribution in [0.25, 0.3) is 22.2 Å². The lowest BCUT2D eigenvalue weighted by Gasteiger charge is -2.03. The second kappa shape index (κ2) is 9.69. The van der Waals surface area contributed by atoms with E-state index in [0.717, 1.165) is 39.0 Å². The highest BCUT2D eigenvalue weighted by molar-refractivity contribution is 6.07. The first-order chi connectivity index (χ1) is 17.1. The number of ether oxygens (including phenoxy) is 1. The molecule has 35 heavy (non-hydrogen) atoms. The third kappa shape index (κ3) is 4.70. The molecule has 2 aromatic heterocycles. The molecular formula is C28H25N5O2. The lowest BCUT2D eigenvalue weighted by Crippen LogP contribution is -2.17. The van der Waals surface area contributed by atoms with Gasteiger partial charge in [-0.15, -0.1) is 0 Å². The number of carbonyl (C=O) groups is 1. The van der Waals surface area contributed by atoms with Crippen molar-refractivity contribution in [3.05, 3.63) is 108 Å². The molecule has 3 aromatic carbocycles. The summed E-state index contributed by atoms with van der Waals surface area (Å²) < 4.78 is 9.10. The molecular weight excluding hydrogens is 438 g/mol. The maximum atomic E-state index is 12.9. The maximum Gasteiger partial charge on any atom is 0.273 e. The monoisotopic (exact) mass is 463 g/mol. The van der Waals surface area contributed by atoms with Gasteiger partial charge in [-0.05, 0) is 35.9 Å². The van der Waals surface area contributed by atoms with Crippen LogP contribution in [0.15, 0.2) is 96.4 Å². The number of hydrazone groups is 1. The predicted octanol–water partition coefficient (Wildman–Crippen LogP) is 4.86. The molecule has 174 valence electrons. The topological polar surface area (TPSA) is 73.4 Å². The van der Waals surface area contributed by atoms with Crippen LogP contribution in [-0.4, -0.2) is 33.6 Å². The standard InChI is InChI=1S/C28H25N5O2/c1-32-19-25(24-10-6-7-11-26(24)32)28(34)30-29-16-22-18-33(17-20-8-4-3-5-9-20)31-27(22)21-12-14-23(35-2)15-13-21/h3-16,18-19H,17H2,1-2H3,(H,30,34). The lowest BCUT2D eigenvalue weighted by atomic mass is 10.1. The SMILES string of the molecule is COc1ccc(-c2nn(Cc3ccccc3)cc2C=NNC(=O)c2cn(C)c3ccccc23)cc1. The van der Waals surface area contributed by atoms with E-state index >= 15 is 0 Å². The number of hydrogen-bond acceptors (Lipinski definition) is 4. The number of nitrogens with zero attached hydrogens (tertiary/aromatic N) is 4. The molecule has 0 bridgehead atoms. The van der Waals surface area contributed by atoms with Gasteiger partial charge in [0.2, 0.25) is 0 Å². The summed E-state index contributed by atoms with van der Waals surface area (Å²) in [6.07, 6.45) is 5.38. The highest BCUT2D eigenvalue weighted by atomic mass is 16.5. The summed E-state index contributed by atoms with van der Waals surface area (Å²) >= 11 is 0. The first-order valence-corrected chi connectivity index (χ1v) is 11.3. The van der Waals surface area contributed by atoms with Crippen molar-refractivity contribution in [3.63, 3.8) is 0 Å². The van der Waals surface area contributed by atoms with Gasteiger partial charge in [-0.25, -0.2) is 5.43 Å². The molecule has 1 amide bonds. The minimum absolute atomic E-state index is 0.263. The zero-order valence-electron chi connectivity index (χ0n) is 19.6. The van der Waals surface area contributed by atoms with Crippen molar-refractivity contribution in [2.75, 3.05) is 7.11 Å². The van der Waals surface area contributed by atoms with Crippen LogP contribution in [0.3, 0.4) is 0 Å². The van der Waals surface area contributed by atoms with E-state index in [-0.39, 0.29) is 5.91 Å². The van der Waals surface area contributed by atoms with Crippen LogP contribution in [0.4, 0.5) is 0 Å². The Hall–Kier alpha value is -4.65. The molecule has 0 saturated heterocycles. The van der Waals surface area contributed by atoms with Gasteiger partial charge in [0.1, 0.15) is 11.4 Å². The van der Waals surface area contributed by atoms with Crippen molar-refractivity contribution < 1.29 is 9.53 Å². The van der Waals surface area contributed by atoms with Crippen LogP contribution in [0, 0.1) is 0 Å². The predicted molar refractivity (Wildman–Crippen MR) is 138 cm³/mol. The Morgan fingerprint density at radius 3 is 2.51 bits per heavy atom. The zero-order chi connectivity index (χ0) is 24.2. The molecule has 0 aliphatic heterocycles. The van der Waals surface area contributed by atoms with E-state index < -0.39 is 0 Å². The smallest absolute Gasteiger partial charge is 0.273 e. The molecule has 0 fully saturated rings. The molecule has 7 nitrogen and oxygen atoms in total. The van der Waals surface area contributed by atoms with E-state index in [0.29, 0.717) is 12.1 Å². The molecule has 5 aromatic rings. The van der Waals surface area contributed by atoms with E-state index in [1.807, 2.05) is 95.4 Å². The third-order valence-electron chi connectivity index (χ3n) is 5.85. The van der Waals surface area contributed by atoms with Gasteiger partial charge in [-0.1, -0.05) is 48.5 Å². The summed E-state index contributed by atoms with van der Waals surface area (Å²) in [5, 5.41) is 9.95. The average Bonchev–Trinajstić information content (AvgIpc) is 3.45. The average molecular weight is 464 g/mol. The number of hydrogen-bond donors (Lipinski definition) is 1. The molecule has 2 heterocycles. The van der Waals surface area contributed by atoms with Crippen LogP contribution >= 0.6 is 0 Å². The number of rotatable bonds is 7. The minimum Gasteiger partial charge on any atom is -0.497 e. The molecule has 0 spiro atoms. The number of nitrogens with one attached hydrogen (secondary N) is 1. The fourth-order valence-corrected chi connectivity index (χ4v) is 4.10. The fraction of sp³-hybridized carbons (Fsp3) is 0.107. The lowest BCUT2D eigenvalue weighted by molar-refractivity contribution is 0.0956. The van der Waals surface area contributed by atoms with Gasteiger partial charge >= 0.3 is 0 Å². The van der Waals surface area contributed by atoms with E-state index in [9.17, 15) is 4.79 Å². The summed E-state index contributed by atoms with van der Waals surface area (Å²) in [6, 6.07) is 25.6. The number of aromatic nitrogens is 3. The summed E-state index contributed by atoms with van der Waals surface area (Å²) in [4.78, 5) is 12.9. The molecule has 0 aliphatic rings. The van der Waals surface area contributed by atoms with Crippen molar-refractivity contribution in [2.24, 2.45) is 12.1 Å². The van der Waals surface area contributed by atoms with Crippen molar-refractivity contribution >= 4 is 23.0 Å². The Bertz CT molecular complexity index is 1500. The van der Waals surface area contributed by atoms with Crippen LogP contribution in [0.2, 0.25) is 0 Å². The van der Waals surface area contributed by atoms with Crippen LogP contribution in [-0.2, 0) is 13.6 Å². The number of para-hydroxylation sites is 1. The summed E-state index contributed by atoms with van der Waals surface area (Å²) in [5.74, 6) is 0.510. The van der Waals surface area contributed by atoms with Crippen molar-refractivity contribution in [1.29, 1.82) is 0 Å². The zero-order valence-corrected chi connectivity index (χ0v) is 19.6. The van der Waals surface area contributed by atoms with Crippen molar-refractivity contribution in [1.82, 2.24) is 19.8 Å². The maximum absolute atomic E-state index is 12.9. The number of methoxy groups -OCH3 is 1. The van der Waals surface area contributed by atoms with Crippen molar-refractivity contribution in [3.8, 4) is 17.0 Å². The first kappa shape index (κ1) is 22.2. The molecule has 5 rings (SSSR count). The highest BCUT2D eigenvalue weighted by Crippen LogP contribution is 2.24. The van der Waals surface area contributed by atoms with Crippen LogP contribution in [0.1, 0.15) is 21.5 Å². The van der Waals surface area contributed by atoms with Gasteiger partial charge in [0.05, 0.1) is 25.4 Å². The molecule has 0 atom stereocenters. The van der Waals surface area contributed by atoms with Gasteiger partial charge in [-0.2, -0.15) is 10.2 Å². The van der Waals surface area contributed by atoms with E-state index in [1.165, 1.54) is 0 Å². The molecule has 1 N–H and O–H groups in total. The second-order valence-corrected chi connectivity index (χ2v) is 8.21. The third-order valence-corrected chi connectivity index (χ3v) is 5.85. The summed E-state index contributed by atoms with van der Waals surface area (Å²) in [6.45, 7) is 0.625.